The second-order valence-corrected chi connectivity index (χ2v) is 4.53. The molecule has 2 aromatic rings. The SMILES string of the molecule is CC(NC(C)c1ccc(F)cc1F)c1ccccn1. The summed E-state index contributed by atoms with van der Waals surface area (Å²) in [6.07, 6.45) is 1.72. The van der Waals surface area contributed by atoms with Crippen LogP contribution in [0.5, 0.6) is 0 Å². The first-order valence-electron chi connectivity index (χ1n) is 6.20. The summed E-state index contributed by atoms with van der Waals surface area (Å²) >= 11 is 0. The van der Waals surface area contributed by atoms with Crippen molar-refractivity contribution >= 4 is 0 Å². The summed E-state index contributed by atoms with van der Waals surface area (Å²) in [5.74, 6) is -1.10. The van der Waals surface area contributed by atoms with Gasteiger partial charge in [0.1, 0.15) is 11.6 Å². The molecule has 0 fully saturated rings. The standard InChI is InChI=1S/C15H16F2N2/c1-10(13-7-6-12(16)9-14(13)17)19-11(2)15-5-3-4-8-18-15/h3-11,19H,1-2H3. The summed E-state index contributed by atoms with van der Waals surface area (Å²) in [5, 5.41) is 3.25. The summed E-state index contributed by atoms with van der Waals surface area (Å²) in [6, 6.07) is 9.06. The van der Waals surface area contributed by atoms with E-state index in [0.29, 0.717) is 5.56 Å². The summed E-state index contributed by atoms with van der Waals surface area (Å²) in [4.78, 5) is 4.25. The lowest BCUT2D eigenvalue weighted by Crippen LogP contribution is -2.24. The van der Waals surface area contributed by atoms with Crippen molar-refractivity contribution in [2.24, 2.45) is 0 Å². The third-order valence-electron chi connectivity index (χ3n) is 3.06. The van der Waals surface area contributed by atoms with E-state index in [1.807, 2.05) is 32.0 Å². The van der Waals surface area contributed by atoms with Crippen LogP contribution in [0.2, 0.25) is 0 Å². The van der Waals surface area contributed by atoms with Crippen LogP contribution in [0.3, 0.4) is 0 Å². The van der Waals surface area contributed by atoms with Crippen LogP contribution < -0.4 is 5.32 Å². The molecule has 19 heavy (non-hydrogen) atoms. The Morgan fingerprint density at radius 3 is 2.47 bits per heavy atom. The lowest BCUT2D eigenvalue weighted by molar-refractivity contribution is 0.464. The van der Waals surface area contributed by atoms with Crippen LogP contribution in [0.1, 0.15) is 37.2 Å². The molecule has 0 bridgehead atoms. The molecule has 2 atom stereocenters. The Labute approximate surface area is 111 Å². The first kappa shape index (κ1) is 13.6. The predicted octanol–water partition coefficient (Wildman–Crippen LogP) is 3.77. The lowest BCUT2D eigenvalue weighted by Gasteiger charge is -2.20. The molecule has 0 aliphatic carbocycles. The van der Waals surface area contributed by atoms with Crippen molar-refractivity contribution in [3.63, 3.8) is 0 Å². The summed E-state index contributed by atoms with van der Waals surface area (Å²) in [6.45, 7) is 3.80. The van der Waals surface area contributed by atoms with Crippen molar-refractivity contribution in [3.8, 4) is 0 Å². The summed E-state index contributed by atoms with van der Waals surface area (Å²) < 4.78 is 26.5. The highest BCUT2D eigenvalue weighted by molar-refractivity contribution is 5.22. The fraction of sp³-hybridized carbons (Fsp3) is 0.267. The zero-order chi connectivity index (χ0) is 13.8. The third-order valence-corrected chi connectivity index (χ3v) is 3.06. The average molecular weight is 262 g/mol. The van der Waals surface area contributed by atoms with Gasteiger partial charge in [-0.15, -0.1) is 0 Å². The number of halogens is 2. The zero-order valence-electron chi connectivity index (χ0n) is 10.9. The molecule has 4 heteroatoms. The van der Waals surface area contributed by atoms with E-state index in [2.05, 4.69) is 10.3 Å². The fourth-order valence-electron chi connectivity index (χ4n) is 2.03. The van der Waals surface area contributed by atoms with E-state index in [4.69, 9.17) is 0 Å². The largest absolute Gasteiger partial charge is 0.302 e. The molecule has 0 saturated carbocycles. The number of nitrogens with zero attached hydrogens (tertiary/aromatic N) is 1. The molecule has 2 nitrogen and oxygen atoms in total. The number of hydrogen-bond donors (Lipinski definition) is 1. The topological polar surface area (TPSA) is 24.9 Å². The third kappa shape index (κ3) is 3.35. The minimum absolute atomic E-state index is 0.0133. The van der Waals surface area contributed by atoms with Crippen LogP contribution >= 0.6 is 0 Å². The molecule has 1 aromatic heterocycles. The van der Waals surface area contributed by atoms with Crippen molar-refractivity contribution in [3.05, 3.63) is 65.5 Å². The first-order valence-corrected chi connectivity index (χ1v) is 6.20. The Morgan fingerprint density at radius 1 is 1.05 bits per heavy atom. The maximum atomic E-state index is 13.7. The number of rotatable bonds is 4. The van der Waals surface area contributed by atoms with E-state index in [9.17, 15) is 8.78 Å². The molecule has 0 saturated heterocycles. The van der Waals surface area contributed by atoms with Gasteiger partial charge in [-0.05, 0) is 32.0 Å². The lowest BCUT2D eigenvalue weighted by atomic mass is 10.1. The summed E-state index contributed by atoms with van der Waals surface area (Å²) in [7, 11) is 0. The molecular formula is C15H16F2N2. The Morgan fingerprint density at radius 2 is 1.84 bits per heavy atom. The monoisotopic (exact) mass is 262 g/mol. The Balaban J connectivity index is 2.10. The van der Waals surface area contributed by atoms with E-state index >= 15 is 0 Å². The molecule has 0 spiro atoms. The highest BCUT2D eigenvalue weighted by atomic mass is 19.1. The van der Waals surface area contributed by atoms with Gasteiger partial charge in [0.25, 0.3) is 0 Å². The highest BCUT2D eigenvalue weighted by Gasteiger charge is 2.15. The molecule has 1 heterocycles. The van der Waals surface area contributed by atoms with Crippen molar-refractivity contribution in [1.82, 2.24) is 10.3 Å². The quantitative estimate of drug-likeness (QED) is 0.907. The van der Waals surface area contributed by atoms with Gasteiger partial charge < -0.3 is 5.32 Å². The summed E-state index contributed by atoms with van der Waals surface area (Å²) in [5.41, 5.74) is 1.33. The van der Waals surface area contributed by atoms with Crippen molar-refractivity contribution in [2.45, 2.75) is 25.9 Å². The van der Waals surface area contributed by atoms with Crippen LogP contribution in [0.25, 0.3) is 0 Å². The van der Waals surface area contributed by atoms with Gasteiger partial charge in [-0.1, -0.05) is 12.1 Å². The first-order chi connectivity index (χ1) is 9.08. The molecule has 0 amide bonds. The number of aromatic nitrogens is 1. The molecule has 1 aromatic carbocycles. The van der Waals surface area contributed by atoms with Crippen molar-refractivity contribution < 1.29 is 8.78 Å². The van der Waals surface area contributed by atoms with Gasteiger partial charge in [0.15, 0.2) is 0 Å². The predicted molar refractivity (Wildman–Crippen MR) is 70.6 cm³/mol. The maximum Gasteiger partial charge on any atom is 0.130 e. The molecule has 0 radical (unpaired) electrons. The number of benzene rings is 1. The van der Waals surface area contributed by atoms with E-state index < -0.39 is 11.6 Å². The molecule has 2 unspecified atom stereocenters. The number of pyridine rings is 1. The van der Waals surface area contributed by atoms with E-state index in [-0.39, 0.29) is 12.1 Å². The molecular weight excluding hydrogens is 246 g/mol. The minimum atomic E-state index is -0.564. The van der Waals surface area contributed by atoms with Gasteiger partial charge in [-0.3, -0.25) is 4.98 Å². The molecule has 1 N–H and O–H groups in total. The van der Waals surface area contributed by atoms with Crippen molar-refractivity contribution in [2.75, 3.05) is 0 Å². The van der Waals surface area contributed by atoms with Gasteiger partial charge in [0.2, 0.25) is 0 Å². The van der Waals surface area contributed by atoms with Gasteiger partial charge in [0.05, 0.1) is 5.69 Å². The smallest absolute Gasteiger partial charge is 0.130 e. The second-order valence-electron chi connectivity index (χ2n) is 4.53. The molecule has 100 valence electrons. The van der Waals surface area contributed by atoms with Crippen LogP contribution in [-0.4, -0.2) is 4.98 Å². The molecule has 2 rings (SSSR count). The average Bonchev–Trinajstić information content (AvgIpc) is 2.39. The zero-order valence-corrected chi connectivity index (χ0v) is 10.9. The second kappa shape index (κ2) is 5.89. The van der Waals surface area contributed by atoms with Gasteiger partial charge in [-0.25, -0.2) is 8.78 Å². The van der Waals surface area contributed by atoms with Crippen LogP contribution in [0.4, 0.5) is 8.78 Å². The van der Waals surface area contributed by atoms with Crippen LogP contribution in [0.15, 0.2) is 42.6 Å². The molecule has 0 aliphatic rings. The number of hydrogen-bond acceptors (Lipinski definition) is 2. The fourth-order valence-corrected chi connectivity index (χ4v) is 2.03. The van der Waals surface area contributed by atoms with Crippen LogP contribution in [0, 0.1) is 11.6 Å². The van der Waals surface area contributed by atoms with E-state index in [1.165, 1.54) is 12.1 Å². The number of nitrogens with one attached hydrogen (secondary N) is 1. The van der Waals surface area contributed by atoms with Gasteiger partial charge >= 0.3 is 0 Å². The Kier molecular flexibility index (Phi) is 4.22. The highest BCUT2D eigenvalue weighted by Crippen LogP contribution is 2.21. The Bertz CT molecular complexity index is 543. The van der Waals surface area contributed by atoms with Crippen LogP contribution in [-0.2, 0) is 0 Å². The molecule has 0 aliphatic heterocycles. The van der Waals surface area contributed by atoms with Crippen molar-refractivity contribution in [1.29, 1.82) is 0 Å². The van der Waals surface area contributed by atoms with Gasteiger partial charge in [-0.2, -0.15) is 0 Å². The van der Waals surface area contributed by atoms with Gasteiger partial charge in [0, 0.05) is 29.9 Å². The van der Waals surface area contributed by atoms with E-state index in [0.717, 1.165) is 11.8 Å². The normalized spacial score (nSPS) is 14.1. The minimum Gasteiger partial charge on any atom is -0.302 e. The van der Waals surface area contributed by atoms with E-state index in [1.54, 1.807) is 6.20 Å². The maximum absolute atomic E-state index is 13.7. The Hall–Kier alpha value is -1.81.